The van der Waals surface area contributed by atoms with Gasteiger partial charge in [0.15, 0.2) is 11.5 Å². The second kappa shape index (κ2) is 7.56. The van der Waals surface area contributed by atoms with E-state index >= 15 is 0 Å². The summed E-state index contributed by atoms with van der Waals surface area (Å²) >= 11 is 0. The normalized spacial score (nSPS) is 10.6. The van der Waals surface area contributed by atoms with Crippen LogP contribution in [0.15, 0.2) is 47.1 Å². The highest BCUT2D eigenvalue weighted by molar-refractivity contribution is 5.59. The maximum absolute atomic E-state index is 5.69. The molecule has 0 unspecified atom stereocenters. The standard InChI is InChI=1S/C17H18N4O3/c1-22-14-4-3-13(9-15(14)23-2)17-21-20-16(24-17)11-19-10-12-5-7-18-8-6-12/h3-9,19H,10-11H2,1-2H3. The molecule has 3 rings (SSSR count). The van der Waals surface area contributed by atoms with Gasteiger partial charge < -0.3 is 19.2 Å². The van der Waals surface area contributed by atoms with Crippen molar-refractivity contribution in [2.75, 3.05) is 14.2 Å². The summed E-state index contributed by atoms with van der Waals surface area (Å²) in [5.41, 5.74) is 1.92. The van der Waals surface area contributed by atoms with E-state index in [0.717, 1.165) is 11.1 Å². The van der Waals surface area contributed by atoms with Crippen LogP contribution in [0.3, 0.4) is 0 Å². The Labute approximate surface area is 139 Å². The molecule has 1 aromatic carbocycles. The Balaban J connectivity index is 1.65. The van der Waals surface area contributed by atoms with Crippen LogP contribution in [-0.2, 0) is 13.1 Å². The molecule has 0 aliphatic carbocycles. The highest BCUT2D eigenvalue weighted by Gasteiger charge is 2.12. The molecule has 2 heterocycles. The molecule has 0 aliphatic rings. The van der Waals surface area contributed by atoms with Gasteiger partial charge in [-0.15, -0.1) is 10.2 Å². The number of hydrogen-bond donors (Lipinski definition) is 1. The van der Waals surface area contributed by atoms with E-state index in [1.807, 2.05) is 18.2 Å². The number of hydrogen-bond acceptors (Lipinski definition) is 7. The number of ether oxygens (including phenoxy) is 2. The summed E-state index contributed by atoms with van der Waals surface area (Å²) in [7, 11) is 3.18. The fraction of sp³-hybridized carbons (Fsp3) is 0.235. The Morgan fingerprint density at radius 3 is 2.50 bits per heavy atom. The van der Waals surface area contributed by atoms with E-state index in [-0.39, 0.29) is 0 Å². The van der Waals surface area contributed by atoms with Crippen LogP contribution in [0.5, 0.6) is 11.5 Å². The van der Waals surface area contributed by atoms with E-state index in [2.05, 4.69) is 20.5 Å². The topological polar surface area (TPSA) is 82.3 Å². The largest absolute Gasteiger partial charge is 0.493 e. The van der Waals surface area contributed by atoms with Crippen LogP contribution < -0.4 is 14.8 Å². The highest BCUT2D eigenvalue weighted by atomic mass is 16.5. The molecule has 24 heavy (non-hydrogen) atoms. The second-order valence-corrected chi connectivity index (χ2v) is 5.03. The average molecular weight is 326 g/mol. The summed E-state index contributed by atoms with van der Waals surface area (Å²) in [6.45, 7) is 1.19. The van der Waals surface area contributed by atoms with E-state index in [1.54, 1.807) is 38.7 Å². The van der Waals surface area contributed by atoms with E-state index in [4.69, 9.17) is 13.9 Å². The number of aromatic nitrogens is 3. The lowest BCUT2D eigenvalue weighted by atomic mass is 10.2. The van der Waals surface area contributed by atoms with Gasteiger partial charge >= 0.3 is 0 Å². The van der Waals surface area contributed by atoms with Crippen LogP contribution in [0.1, 0.15) is 11.5 Å². The van der Waals surface area contributed by atoms with Gasteiger partial charge in [-0.1, -0.05) is 0 Å². The number of nitrogens with zero attached hydrogens (tertiary/aromatic N) is 3. The molecular formula is C17H18N4O3. The van der Waals surface area contributed by atoms with Gasteiger partial charge in [0.2, 0.25) is 11.8 Å². The maximum atomic E-state index is 5.69. The van der Waals surface area contributed by atoms with E-state index in [0.29, 0.717) is 36.4 Å². The van der Waals surface area contributed by atoms with Crippen LogP contribution in [-0.4, -0.2) is 29.4 Å². The predicted molar refractivity (Wildman–Crippen MR) is 87.6 cm³/mol. The van der Waals surface area contributed by atoms with Crippen LogP contribution in [0.2, 0.25) is 0 Å². The predicted octanol–water partition coefficient (Wildman–Crippen LogP) is 2.44. The van der Waals surface area contributed by atoms with Gasteiger partial charge in [0.1, 0.15) is 0 Å². The molecule has 0 spiro atoms. The number of pyridine rings is 1. The third-order valence-corrected chi connectivity index (χ3v) is 3.45. The van der Waals surface area contributed by atoms with Crippen molar-refractivity contribution in [2.45, 2.75) is 13.1 Å². The number of rotatable bonds is 7. The van der Waals surface area contributed by atoms with E-state index in [1.165, 1.54) is 0 Å². The van der Waals surface area contributed by atoms with Crippen LogP contribution >= 0.6 is 0 Å². The van der Waals surface area contributed by atoms with Crippen molar-refractivity contribution in [2.24, 2.45) is 0 Å². The molecule has 2 aromatic heterocycles. The molecule has 0 atom stereocenters. The lowest BCUT2D eigenvalue weighted by Crippen LogP contribution is -2.12. The zero-order valence-electron chi connectivity index (χ0n) is 13.5. The van der Waals surface area contributed by atoms with Crippen LogP contribution in [0.25, 0.3) is 11.5 Å². The number of nitrogens with one attached hydrogen (secondary N) is 1. The quantitative estimate of drug-likeness (QED) is 0.714. The Bertz CT molecular complexity index is 790. The zero-order chi connectivity index (χ0) is 16.8. The van der Waals surface area contributed by atoms with Gasteiger partial charge in [-0.3, -0.25) is 4.98 Å². The number of methoxy groups -OCH3 is 2. The Kier molecular flexibility index (Phi) is 5.02. The fourth-order valence-electron chi connectivity index (χ4n) is 2.23. The van der Waals surface area contributed by atoms with Crippen molar-refractivity contribution in [3.05, 3.63) is 54.2 Å². The zero-order valence-corrected chi connectivity index (χ0v) is 13.5. The monoisotopic (exact) mass is 326 g/mol. The SMILES string of the molecule is COc1ccc(-c2nnc(CNCc3ccncc3)o2)cc1OC. The molecule has 0 bridgehead atoms. The first-order valence-corrected chi connectivity index (χ1v) is 7.44. The Morgan fingerprint density at radius 2 is 1.75 bits per heavy atom. The summed E-state index contributed by atoms with van der Waals surface area (Å²) in [4.78, 5) is 3.99. The van der Waals surface area contributed by atoms with Gasteiger partial charge in [0.05, 0.1) is 20.8 Å². The first kappa shape index (κ1) is 15.9. The smallest absolute Gasteiger partial charge is 0.247 e. The summed E-state index contributed by atoms with van der Waals surface area (Å²) in [5.74, 6) is 2.23. The minimum atomic E-state index is 0.441. The van der Waals surface area contributed by atoms with Gasteiger partial charge in [-0.2, -0.15) is 0 Å². The minimum absolute atomic E-state index is 0.441. The summed E-state index contributed by atoms with van der Waals surface area (Å²) in [6, 6.07) is 9.37. The third kappa shape index (κ3) is 3.69. The molecule has 124 valence electrons. The van der Waals surface area contributed by atoms with Gasteiger partial charge in [0.25, 0.3) is 0 Å². The Morgan fingerprint density at radius 1 is 0.958 bits per heavy atom. The van der Waals surface area contributed by atoms with Crippen molar-refractivity contribution in [1.29, 1.82) is 0 Å². The van der Waals surface area contributed by atoms with Gasteiger partial charge in [-0.05, 0) is 35.9 Å². The van der Waals surface area contributed by atoms with E-state index < -0.39 is 0 Å². The van der Waals surface area contributed by atoms with E-state index in [9.17, 15) is 0 Å². The molecule has 0 aliphatic heterocycles. The summed E-state index contributed by atoms with van der Waals surface area (Å²) < 4.78 is 16.2. The molecule has 7 nitrogen and oxygen atoms in total. The van der Waals surface area contributed by atoms with Gasteiger partial charge in [0, 0.05) is 24.5 Å². The molecule has 0 amide bonds. The minimum Gasteiger partial charge on any atom is -0.493 e. The third-order valence-electron chi connectivity index (χ3n) is 3.45. The lowest BCUT2D eigenvalue weighted by Gasteiger charge is -2.07. The van der Waals surface area contributed by atoms with Crippen molar-refractivity contribution in [1.82, 2.24) is 20.5 Å². The highest BCUT2D eigenvalue weighted by Crippen LogP contribution is 2.31. The average Bonchev–Trinajstić information content (AvgIpc) is 3.11. The summed E-state index contributed by atoms with van der Waals surface area (Å²) in [5, 5.41) is 11.4. The molecule has 0 saturated carbocycles. The molecule has 0 radical (unpaired) electrons. The number of benzene rings is 1. The summed E-state index contributed by atoms with van der Waals surface area (Å²) in [6.07, 6.45) is 3.53. The lowest BCUT2D eigenvalue weighted by molar-refractivity contribution is 0.355. The van der Waals surface area contributed by atoms with Crippen molar-refractivity contribution in [3.63, 3.8) is 0 Å². The van der Waals surface area contributed by atoms with Crippen LogP contribution in [0.4, 0.5) is 0 Å². The molecule has 7 heteroatoms. The van der Waals surface area contributed by atoms with Crippen molar-refractivity contribution in [3.8, 4) is 23.0 Å². The first-order chi connectivity index (χ1) is 11.8. The first-order valence-electron chi connectivity index (χ1n) is 7.44. The molecule has 1 N–H and O–H groups in total. The molecule has 0 saturated heterocycles. The molecular weight excluding hydrogens is 308 g/mol. The van der Waals surface area contributed by atoms with Gasteiger partial charge in [-0.25, -0.2) is 0 Å². The van der Waals surface area contributed by atoms with Crippen molar-refractivity contribution < 1.29 is 13.9 Å². The molecule has 0 fully saturated rings. The van der Waals surface area contributed by atoms with Crippen LogP contribution in [0, 0.1) is 0 Å². The maximum Gasteiger partial charge on any atom is 0.247 e. The van der Waals surface area contributed by atoms with Crippen molar-refractivity contribution >= 4 is 0 Å². The molecule has 3 aromatic rings. The second-order valence-electron chi connectivity index (χ2n) is 5.03. The Hall–Kier alpha value is -2.93. The fourth-order valence-corrected chi connectivity index (χ4v) is 2.23.